The number of nitrogens with one attached hydrogen (secondary N) is 1. The lowest BCUT2D eigenvalue weighted by Gasteiger charge is -2.14. The fraction of sp³-hybridized carbons (Fsp3) is 0.727. The van der Waals surface area contributed by atoms with Gasteiger partial charge in [-0.3, -0.25) is 0 Å². The molecule has 0 saturated carbocycles. The van der Waals surface area contributed by atoms with Crippen LogP contribution in [0.5, 0.6) is 0 Å². The minimum Gasteiger partial charge on any atom is -0.444 e. The summed E-state index contributed by atoms with van der Waals surface area (Å²) in [6.07, 6.45) is 1.25. The lowest BCUT2D eigenvalue weighted by molar-refractivity contribution is 0.419. The van der Waals surface area contributed by atoms with Gasteiger partial charge in [0.15, 0.2) is 0 Å². The molecule has 1 N–H and O–H groups in total. The number of hydrogen-bond acceptors (Lipinski definition) is 4. The first-order valence-corrected chi connectivity index (χ1v) is 6.49. The Balaban J connectivity index is 1.87. The second kappa shape index (κ2) is 4.58. The van der Waals surface area contributed by atoms with Crippen LogP contribution in [0.1, 0.15) is 30.7 Å². The second-order valence-corrected chi connectivity index (χ2v) is 5.59. The molecule has 4 heteroatoms. The predicted octanol–water partition coefficient (Wildman–Crippen LogP) is 2.28. The van der Waals surface area contributed by atoms with Gasteiger partial charge in [-0.2, -0.15) is 11.8 Å². The van der Waals surface area contributed by atoms with Gasteiger partial charge in [-0.25, -0.2) is 4.98 Å². The van der Waals surface area contributed by atoms with Crippen molar-refractivity contribution in [1.82, 2.24) is 10.3 Å². The van der Waals surface area contributed by atoms with Crippen molar-refractivity contribution in [3.8, 4) is 0 Å². The fourth-order valence-electron chi connectivity index (χ4n) is 1.83. The van der Waals surface area contributed by atoms with Crippen LogP contribution in [0.15, 0.2) is 4.42 Å². The minimum atomic E-state index is 0.613. The topological polar surface area (TPSA) is 38.1 Å². The Morgan fingerprint density at radius 2 is 2.33 bits per heavy atom. The van der Waals surface area contributed by atoms with E-state index in [0.717, 1.165) is 23.9 Å². The maximum atomic E-state index is 5.53. The average Bonchev–Trinajstić information content (AvgIpc) is 2.72. The summed E-state index contributed by atoms with van der Waals surface area (Å²) in [5.74, 6) is 3.01. The number of nitrogens with zero attached hydrogens (tertiary/aromatic N) is 1. The smallest absolute Gasteiger partial charge is 0.208 e. The van der Waals surface area contributed by atoms with Crippen LogP contribution in [-0.2, 0) is 6.54 Å². The molecule has 0 spiro atoms. The van der Waals surface area contributed by atoms with E-state index >= 15 is 0 Å². The molecule has 84 valence electrons. The molecule has 0 radical (unpaired) electrons. The first kappa shape index (κ1) is 11.0. The van der Waals surface area contributed by atoms with Crippen molar-refractivity contribution in [2.75, 3.05) is 5.75 Å². The molecule has 2 rings (SSSR count). The second-order valence-electron chi connectivity index (χ2n) is 4.10. The van der Waals surface area contributed by atoms with Gasteiger partial charge in [0.1, 0.15) is 5.76 Å². The summed E-state index contributed by atoms with van der Waals surface area (Å²) in [5.41, 5.74) is 1.00. The standard InChI is InChI=1S/C11H18N2OS/c1-7-8(2)14-11(13-7)6-12-10-4-5-15-9(10)3/h9-10,12H,4-6H2,1-3H3. The molecular formula is C11H18N2OS. The molecule has 0 aliphatic carbocycles. The van der Waals surface area contributed by atoms with Gasteiger partial charge in [0, 0.05) is 11.3 Å². The average molecular weight is 226 g/mol. The van der Waals surface area contributed by atoms with Gasteiger partial charge in [0.2, 0.25) is 5.89 Å². The summed E-state index contributed by atoms with van der Waals surface area (Å²) >= 11 is 2.04. The number of rotatable bonds is 3. The lowest BCUT2D eigenvalue weighted by atomic mass is 10.2. The van der Waals surface area contributed by atoms with E-state index in [-0.39, 0.29) is 0 Å². The van der Waals surface area contributed by atoms with Crippen molar-refractivity contribution in [1.29, 1.82) is 0 Å². The van der Waals surface area contributed by atoms with Gasteiger partial charge < -0.3 is 9.73 Å². The Labute approximate surface area is 95.0 Å². The van der Waals surface area contributed by atoms with Gasteiger partial charge in [-0.15, -0.1) is 0 Å². The zero-order chi connectivity index (χ0) is 10.8. The number of aromatic nitrogens is 1. The highest BCUT2D eigenvalue weighted by Crippen LogP contribution is 2.26. The molecule has 2 heterocycles. The van der Waals surface area contributed by atoms with Crippen LogP contribution in [0, 0.1) is 13.8 Å². The van der Waals surface area contributed by atoms with Crippen LogP contribution in [-0.4, -0.2) is 22.0 Å². The normalized spacial score (nSPS) is 26.1. The molecular weight excluding hydrogens is 208 g/mol. The molecule has 0 aromatic carbocycles. The van der Waals surface area contributed by atoms with Crippen molar-refractivity contribution in [3.05, 3.63) is 17.3 Å². The number of oxazole rings is 1. The van der Waals surface area contributed by atoms with Crippen molar-refractivity contribution < 1.29 is 4.42 Å². The van der Waals surface area contributed by atoms with Crippen LogP contribution in [0.3, 0.4) is 0 Å². The van der Waals surface area contributed by atoms with Crippen LogP contribution in [0.2, 0.25) is 0 Å². The predicted molar refractivity (Wildman–Crippen MR) is 63.1 cm³/mol. The molecule has 1 aliphatic rings. The number of hydrogen-bond donors (Lipinski definition) is 1. The van der Waals surface area contributed by atoms with Gasteiger partial charge in [-0.05, 0) is 26.0 Å². The van der Waals surface area contributed by atoms with Crippen LogP contribution >= 0.6 is 11.8 Å². The van der Waals surface area contributed by atoms with Crippen LogP contribution < -0.4 is 5.32 Å². The van der Waals surface area contributed by atoms with E-state index < -0.39 is 0 Å². The largest absolute Gasteiger partial charge is 0.444 e. The van der Waals surface area contributed by atoms with Gasteiger partial charge in [0.05, 0.1) is 12.2 Å². The Bertz CT molecular complexity index is 318. The first-order valence-electron chi connectivity index (χ1n) is 5.44. The molecule has 0 amide bonds. The third-order valence-electron chi connectivity index (χ3n) is 2.96. The zero-order valence-electron chi connectivity index (χ0n) is 9.54. The van der Waals surface area contributed by atoms with E-state index in [4.69, 9.17) is 4.42 Å². The monoisotopic (exact) mass is 226 g/mol. The maximum Gasteiger partial charge on any atom is 0.208 e. The fourth-order valence-corrected chi connectivity index (χ4v) is 3.06. The van der Waals surface area contributed by atoms with Crippen LogP contribution in [0.4, 0.5) is 0 Å². The van der Waals surface area contributed by atoms with E-state index in [1.54, 1.807) is 0 Å². The van der Waals surface area contributed by atoms with E-state index in [9.17, 15) is 0 Å². The number of thioether (sulfide) groups is 1. The highest BCUT2D eigenvalue weighted by Gasteiger charge is 2.23. The third-order valence-corrected chi connectivity index (χ3v) is 4.29. The van der Waals surface area contributed by atoms with E-state index in [1.807, 2.05) is 25.6 Å². The van der Waals surface area contributed by atoms with E-state index in [2.05, 4.69) is 17.2 Å². The highest BCUT2D eigenvalue weighted by molar-refractivity contribution is 8.00. The first-order chi connectivity index (χ1) is 7.16. The molecule has 2 atom stereocenters. The van der Waals surface area contributed by atoms with Crippen LogP contribution in [0.25, 0.3) is 0 Å². The molecule has 1 fully saturated rings. The molecule has 1 aliphatic heterocycles. The van der Waals surface area contributed by atoms with E-state index in [1.165, 1.54) is 12.2 Å². The Kier molecular flexibility index (Phi) is 3.36. The summed E-state index contributed by atoms with van der Waals surface area (Å²) in [5, 5.41) is 4.22. The molecule has 1 aromatic rings. The molecule has 1 aromatic heterocycles. The SMILES string of the molecule is Cc1nc(CNC2CCSC2C)oc1C. The van der Waals surface area contributed by atoms with Gasteiger partial charge in [0.25, 0.3) is 0 Å². The maximum absolute atomic E-state index is 5.53. The van der Waals surface area contributed by atoms with Crippen molar-refractivity contribution in [2.45, 2.75) is 45.0 Å². The quantitative estimate of drug-likeness (QED) is 0.858. The Morgan fingerprint density at radius 1 is 1.53 bits per heavy atom. The van der Waals surface area contributed by atoms with Crippen molar-refractivity contribution in [3.63, 3.8) is 0 Å². The third kappa shape index (κ3) is 2.55. The summed E-state index contributed by atoms with van der Waals surface area (Å²) < 4.78 is 5.53. The minimum absolute atomic E-state index is 0.613. The van der Waals surface area contributed by atoms with Crippen molar-refractivity contribution in [2.24, 2.45) is 0 Å². The lowest BCUT2D eigenvalue weighted by Crippen LogP contribution is -2.32. The molecule has 3 nitrogen and oxygen atoms in total. The summed E-state index contributed by atoms with van der Waals surface area (Å²) in [6, 6.07) is 0.613. The molecule has 15 heavy (non-hydrogen) atoms. The highest BCUT2D eigenvalue weighted by atomic mass is 32.2. The van der Waals surface area contributed by atoms with Crippen molar-refractivity contribution >= 4 is 11.8 Å². The molecule has 2 unspecified atom stereocenters. The molecule has 0 bridgehead atoms. The summed E-state index contributed by atoms with van der Waals surface area (Å²) in [7, 11) is 0. The zero-order valence-corrected chi connectivity index (χ0v) is 10.4. The van der Waals surface area contributed by atoms with E-state index in [0.29, 0.717) is 11.3 Å². The Morgan fingerprint density at radius 3 is 2.87 bits per heavy atom. The number of aryl methyl sites for hydroxylation is 2. The molecule has 1 saturated heterocycles. The Hall–Kier alpha value is -0.480. The summed E-state index contributed by atoms with van der Waals surface area (Å²) in [4.78, 5) is 4.36. The summed E-state index contributed by atoms with van der Waals surface area (Å²) in [6.45, 7) is 6.97. The van der Waals surface area contributed by atoms with Gasteiger partial charge in [-0.1, -0.05) is 6.92 Å². The van der Waals surface area contributed by atoms with Gasteiger partial charge >= 0.3 is 0 Å².